The SMILES string of the molecule is C=CCn1c(=O)c(-c2cccc(C)c2)nc2ccccc21.CCCn1c(=O)c(-c2cccc(C)c2)nc2ccccc21.CCn1c(=O)c(-c2cccc(C)c2)nc2ccccc21.Cc1cccc(-c2nc3ccccc3n(Cc3ccccc3)c2=O)c1.Cc1cccc(-c2nc3ccccc3n(Cc3ccccn3)c2=O)c1.O=c1c(-c2ccc3c(c2)=NCN=3)nc2ccccc2n1Cc1ccccc1. The Morgan fingerprint density at radius 1 is 0.273 bits per heavy atom. The molecule has 22 rings (SSSR count). The molecule has 21 aromatic rings. The Morgan fingerprint density at radius 2 is 0.561 bits per heavy atom. The third-order valence-corrected chi connectivity index (χ3v) is 23.8. The molecular formula is C118H101N15O6. The van der Waals surface area contributed by atoms with E-state index in [1.807, 2.05) is 415 Å². The molecule has 0 radical (unpaired) electrons. The second-order valence-electron chi connectivity index (χ2n) is 33.9. The first-order valence-electron chi connectivity index (χ1n) is 46.3. The number of allylic oxidation sites excluding steroid dienone is 1. The summed E-state index contributed by atoms with van der Waals surface area (Å²) in [5, 5.41) is 1.68. The van der Waals surface area contributed by atoms with Crippen LogP contribution in [0.3, 0.4) is 0 Å². The van der Waals surface area contributed by atoms with Crippen molar-refractivity contribution < 1.29 is 0 Å². The van der Waals surface area contributed by atoms with Gasteiger partial charge in [-0.2, -0.15) is 0 Å². The molecule has 139 heavy (non-hydrogen) atoms. The van der Waals surface area contributed by atoms with Gasteiger partial charge in [-0.3, -0.25) is 48.3 Å². The molecule has 0 aliphatic carbocycles. The standard InChI is InChI=1S/C22H16N4O.C22H18N2O.C21H17N3O.C18H18N2O.C18H16N2O.C17H16N2O/c27-22-21(16-10-11-17-19(12-16)24-14-23-17)25-18-8-4-5-9-20(18)26(22)13-15-6-2-1-3-7-15;1-16-8-7-11-18(14-16)21-22(25)24(15-17-9-3-2-4-10-17)20-13-6-5-12-19(20)23-21;1-15-7-6-8-16(13-15)20-21(25)24(14-17-9-4-5-12-22-17)19-11-3-2-10-18(19)23-20;2*1-3-11-20-16-10-5-4-9-15(16)19-17(18(20)21)14-8-6-7-13(2)12-14;1-3-19-15-10-5-4-9-14(15)18-16(17(19)20)13-8-6-7-12(2)11-13/h1-12H,13-14H2;2-14H,15H2,1H3;2-13H,14H2,1H3;4-10,12H,3,11H2,1-2H3;3-10,12H,1,11H2,2H3;4-11H,3H2,1-2H3. The van der Waals surface area contributed by atoms with Crippen LogP contribution in [-0.4, -0.2) is 69.0 Å². The molecule has 0 unspecified atom stereocenters. The van der Waals surface area contributed by atoms with Gasteiger partial charge >= 0.3 is 0 Å². The van der Waals surface area contributed by atoms with E-state index in [-0.39, 0.29) is 33.4 Å². The molecule has 14 aromatic carbocycles. The van der Waals surface area contributed by atoms with Gasteiger partial charge < -0.3 is 22.8 Å². The fourth-order valence-corrected chi connectivity index (χ4v) is 17.1. The van der Waals surface area contributed by atoms with Gasteiger partial charge in [-0.25, -0.2) is 29.9 Å². The largest absolute Gasteiger partial charge is 0.305 e. The van der Waals surface area contributed by atoms with Crippen molar-refractivity contribution in [2.75, 3.05) is 6.67 Å². The van der Waals surface area contributed by atoms with Crippen molar-refractivity contribution >= 4 is 66.2 Å². The molecule has 0 fully saturated rings. The summed E-state index contributed by atoms with van der Waals surface area (Å²) < 4.78 is 10.7. The third-order valence-electron chi connectivity index (χ3n) is 23.8. The first-order chi connectivity index (χ1) is 67.8. The van der Waals surface area contributed by atoms with Gasteiger partial charge in [0.1, 0.15) is 40.8 Å². The summed E-state index contributed by atoms with van der Waals surface area (Å²) in [6.07, 6.45) is 4.39. The summed E-state index contributed by atoms with van der Waals surface area (Å²) in [6, 6.07) is 117. The second-order valence-corrected chi connectivity index (χ2v) is 33.9. The lowest BCUT2D eigenvalue weighted by Gasteiger charge is -2.13. The van der Waals surface area contributed by atoms with Crippen molar-refractivity contribution in [3.63, 3.8) is 0 Å². The van der Waals surface area contributed by atoms with E-state index in [1.165, 1.54) is 0 Å². The lowest BCUT2D eigenvalue weighted by atomic mass is 10.1. The van der Waals surface area contributed by atoms with Crippen LogP contribution in [0.15, 0.2) is 422 Å². The van der Waals surface area contributed by atoms with Crippen LogP contribution in [-0.2, 0) is 39.3 Å². The lowest BCUT2D eigenvalue weighted by Crippen LogP contribution is -2.26. The van der Waals surface area contributed by atoms with Gasteiger partial charge in [-0.15, -0.1) is 6.58 Å². The van der Waals surface area contributed by atoms with Crippen molar-refractivity contribution in [1.82, 2.24) is 62.3 Å². The van der Waals surface area contributed by atoms with E-state index in [0.29, 0.717) is 80.1 Å². The number of hydrogen-bond acceptors (Lipinski definition) is 15. The Balaban J connectivity index is 0.000000116. The molecular weight excluding hydrogens is 1720 g/mol. The summed E-state index contributed by atoms with van der Waals surface area (Å²) in [5.41, 5.74) is 26.3. The molecule has 0 saturated heterocycles. The molecule has 0 amide bonds. The van der Waals surface area contributed by atoms with Crippen LogP contribution in [0.5, 0.6) is 0 Å². The molecule has 684 valence electrons. The normalized spacial score (nSPS) is 11.2. The Kier molecular flexibility index (Phi) is 29.0. The molecule has 0 saturated carbocycles. The van der Waals surface area contributed by atoms with Crippen LogP contribution in [0.2, 0.25) is 0 Å². The van der Waals surface area contributed by atoms with Gasteiger partial charge in [0, 0.05) is 59.2 Å². The van der Waals surface area contributed by atoms with E-state index < -0.39 is 0 Å². The van der Waals surface area contributed by atoms with Crippen molar-refractivity contribution in [1.29, 1.82) is 0 Å². The summed E-state index contributed by atoms with van der Waals surface area (Å²) in [5.74, 6) is 0. The fourth-order valence-electron chi connectivity index (χ4n) is 17.1. The molecule has 1 aliphatic heterocycles. The minimum atomic E-state index is -0.104. The average Bonchev–Trinajstić information content (AvgIpc) is 0.841. The maximum atomic E-state index is 13.3. The number of fused-ring (bicyclic) bond motifs is 7. The van der Waals surface area contributed by atoms with E-state index in [1.54, 1.807) is 30.5 Å². The van der Waals surface area contributed by atoms with Gasteiger partial charge in [0.2, 0.25) is 0 Å². The molecule has 1 aliphatic rings. The first kappa shape index (κ1) is 93.2. The molecule has 0 spiro atoms. The number of para-hydroxylation sites is 12. The first-order valence-corrected chi connectivity index (χ1v) is 46.3. The Bertz CT molecular complexity index is 8510. The number of aryl methyl sites for hydroxylation is 7. The van der Waals surface area contributed by atoms with E-state index in [4.69, 9.17) is 0 Å². The van der Waals surface area contributed by atoms with Crippen molar-refractivity contribution in [3.05, 3.63) is 500 Å². The number of rotatable bonds is 17. The average molecular weight is 1830 g/mol. The quantitative estimate of drug-likeness (QED) is 0.0771. The maximum Gasteiger partial charge on any atom is 0.277 e. The zero-order chi connectivity index (χ0) is 96.4. The second kappa shape index (κ2) is 43.2. The Hall–Kier alpha value is -17.6. The minimum Gasteiger partial charge on any atom is -0.305 e. The van der Waals surface area contributed by atoms with E-state index in [2.05, 4.69) is 58.4 Å². The lowest BCUT2D eigenvalue weighted by molar-refractivity contribution is 0.676. The van der Waals surface area contributed by atoms with Crippen LogP contribution < -0.4 is 44.1 Å². The topological polar surface area (TPSA) is 247 Å². The van der Waals surface area contributed by atoms with Gasteiger partial charge in [0.25, 0.3) is 33.4 Å². The van der Waals surface area contributed by atoms with Crippen molar-refractivity contribution in [2.45, 2.75) is 94.2 Å². The molecule has 0 bridgehead atoms. The van der Waals surface area contributed by atoms with Gasteiger partial charge in [0.15, 0.2) is 0 Å². The Labute approximate surface area is 802 Å². The highest BCUT2D eigenvalue weighted by molar-refractivity contribution is 5.84. The zero-order valence-electron chi connectivity index (χ0n) is 78.3. The van der Waals surface area contributed by atoms with Gasteiger partial charge in [-0.05, 0) is 186 Å². The predicted octanol–water partition coefficient (Wildman–Crippen LogP) is 21.3. The molecule has 0 N–H and O–H groups in total. The van der Waals surface area contributed by atoms with Crippen molar-refractivity contribution in [3.8, 4) is 67.5 Å². The number of aromatic nitrogens is 13. The van der Waals surface area contributed by atoms with E-state index in [9.17, 15) is 28.8 Å². The van der Waals surface area contributed by atoms with E-state index in [0.717, 1.165) is 161 Å². The summed E-state index contributed by atoms with van der Waals surface area (Å²) >= 11 is 0. The van der Waals surface area contributed by atoms with Gasteiger partial charge in [-0.1, -0.05) is 277 Å². The molecule has 21 heteroatoms. The molecule has 0 atom stereocenters. The van der Waals surface area contributed by atoms with Crippen LogP contribution in [0.25, 0.3) is 134 Å². The van der Waals surface area contributed by atoms with Gasteiger partial charge in [0.05, 0.1) is 102 Å². The summed E-state index contributed by atoms with van der Waals surface area (Å²) in [7, 11) is 0. The third kappa shape index (κ3) is 21.3. The monoisotopic (exact) mass is 1820 g/mol. The van der Waals surface area contributed by atoms with Crippen LogP contribution in [0, 0.1) is 34.6 Å². The summed E-state index contributed by atoms with van der Waals surface area (Å²) in [6.45, 7) is 21.6. The predicted molar refractivity (Wildman–Crippen MR) is 560 cm³/mol. The summed E-state index contributed by atoms with van der Waals surface area (Å²) in [4.78, 5) is 119. The number of nitrogens with zero attached hydrogens (tertiary/aromatic N) is 15. The number of hydrogen-bond donors (Lipinski definition) is 0. The maximum absolute atomic E-state index is 13.3. The highest BCUT2D eigenvalue weighted by Crippen LogP contribution is 2.28. The van der Waals surface area contributed by atoms with Crippen molar-refractivity contribution in [2.24, 2.45) is 9.98 Å². The minimum absolute atomic E-state index is 0.0128. The number of benzene rings is 14. The number of pyridine rings is 1. The molecule has 8 heterocycles. The van der Waals surface area contributed by atoms with Crippen LogP contribution in [0.1, 0.15) is 64.9 Å². The van der Waals surface area contributed by atoms with Crippen LogP contribution in [0.4, 0.5) is 0 Å². The van der Waals surface area contributed by atoms with E-state index >= 15 is 0 Å². The highest BCUT2D eigenvalue weighted by Gasteiger charge is 2.21. The molecule has 7 aromatic heterocycles. The smallest absolute Gasteiger partial charge is 0.277 e. The Morgan fingerprint density at radius 3 is 0.892 bits per heavy atom. The van der Waals surface area contributed by atoms with Crippen LogP contribution >= 0.6 is 0 Å². The fraction of sp³-hybridized carbons (Fsp3) is 0.127. The molecule has 21 nitrogen and oxygen atoms in total. The zero-order valence-corrected chi connectivity index (χ0v) is 78.3. The highest BCUT2D eigenvalue weighted by atomic mass is 16.2.